The molecule has 1 amide bonds. The molecular weight excluding hydrogens is 244 g/mol. The fraction of sp³-hybridized carbons (Fsp3) is 0.909. The number of carbonyl (C=O) groups excluding carboxylic acids is 1. The molecule has 2 aliphatic rings. The zero-order valence-electron chi connectivity index (χ0n) is 9.56. The summed E-state index contributed by atoms with van der Waals surface area (Å²) in [6, 6.07) is 0. The number of thioether (sulfide) groups is 1. The van der Waals surface area contributed by atoms with E-state index in [9.17, 15) is 4.79 Å². The Morgan fingerprint density at radius 1 is 1.31 bits per heavy atom. The van der Waals surface area contributed by atoms with Crippen LogP contribution in [-0.2, 0) is 4.79 Å². The molecule has 0 spiro atoms. The van der Waals surface area contributed by atoms with Crippen molar-refractivity contribution in [3.05, 3.63) is 0 Å². The zero-order chi connectivity index (χ0) is 10.7. The Bertz CT molecular complexity index is 234. The SMILES string of the molecule is Cl.NC[C@H]1CCC[C@H]1C(=O)N1CCSCC1. The smallest absolute Gasteiger partial charge is 0.226 e. The van der Waals surface area contributed by atoms with Crippen molar-refractivity contribution in [3.63, 3.8) is 0 Å². The van der Waals surface area contributed by atoms with Crippen LogP contribution in [0.25, 0.3) is 0 Å². The summed E-state index contributed by atoms with van der Waals surface area (Å²) >= 11 is 1.95. The van der Waals surface area contributed by atoms with Crippen molar-refractivity contribution in [3.8, 4) is 0 Å². The van der Waals surface area contributed by atoms with Crippen molar-refractivity contribution in [2.45, 2.75) is 19.3 Å². The number of nitrogens with zero attached hydrogens (tertiary/aromatic N) is 1. The van der Waals surface area contributed by atoms with Gasteiger partial charge in [-0.25, -0.2) is 0 Å². The minimum Gasteiger partial charge on any atom is -0.341 e. The van der Waals surface area contributed by atoms with Gasteiger partial charge in [0.25, 0.3) is 0 Å². The highest BCUT2D eigenvalue weighted by Gasteiger charge is 2.34. The van der Waals surface area contributed by atoms with Crippen LogP contribution in [0.2, 0.25) is 0 Å². The number of amides is 1. The number of rotatable bonds is 2. The molecule has 1 aliphatic heterocycles. The Balaban J connectivity index is 0.00000128. The molecule has 1 saturated heterocycles. The first-order chi connectivity index (χ1) is 7.33. The summed E-state index contributed by atoms with van der Waals surface area (Å²) < 4.78 is 0. The van der Waals surface area contributed by atoms with Crippen molar-refractivity contribution in [1.82, 2.24) is 4.90 Å². The maximum atomic E-state index is 12.2. The van der Waals surface area contributed by atoms with E-state index in [1.807, 2.05) is 11.8 Å². The molecule has 2 N–H and O–H groups in total. The molecule has 1 aliphatic carbocycles. The topological polar surface area (TPSA) is 46.3 Å². The van der Waals surface area contributed by atoms with Gasteiger partial charge in [0, 0.05) is 30.5 Å². The molecule has 16 heavy (non-hydrogen) atoms. The summed E-state index contributed by atoms with van der Waals surface area (Å²) in [5, 5.41) is 0. The van der Waals surface area contributed by atoms with Gasteiger partial charge in [0.1, 0.15) is 0 Å². The van der Waals surface area contributed by atoms with E-state index in [0.717, 1.165) is 37.4 Å². The lowest BCUT2D eigenvalue weighted by Gasteiger charge is -2.30. The van der Waals surface area contributed by atoms with Crippen LogP contribution in [-0.4, -0.2) is 41.9 Å². The second-order valence-electron chi connectivity index (χ2n) is 4.47. The second-order valence-corrected chi connectivity index (χ2v) is 5.70. The van der Waals surface area contributed by atoms with Crippen molar-refractivity contribution in [1.29, 1.82) is 0 Å². The van der Waals surface area contributed by atoms with Crippen molar-refractivity contribution in [2.24, 2.45) is 17.6 Å². The molecule has 5 heteroatoms. The van der Waals surface area contributed by atoms with Gasteiger partial charge >= 0.3 is 0 Å². The molecule has 2 atom stereocenters. The molecule has 2 fully saturated rings. The van der Waals surface area contributed by atoms with E-state index in [1.165, 1.54) is 6.42 Å². The molecule has 0 aromatic heterocycles. The third-order valence-electron chi connectivity index (χ3n) is 3.60. The van der Waals surface area contributed by atoms with E-state index in [0.29, 0.717) is 18.4 Å². The average molecular weight is 265 g/mol. The van der Waals surface area contributed by atoms with Gasteiger partial charge in [0.2, 0.25) is 5.91 Å². The van der Waals surface area contributed by atoms with Gasteiger partial charge in [-0.1, -0.05) is 6.42 Å². The quantitative estimate of drug-likeness (QED) is 0.819. The van der Waals surface area contributed by atoms with E-state index in [1.54, 1.807) is 0 Å². The Labute approximate surface area is 108 Å². The molecule has 3 nitrogen and oxygen atoms in total. The lowest BCUT2D eigenvalue weighted by atomic mass is 9.95. The monoisotopic (exact) mass is 264 g/mol. The van der Waals surface area contributed by atoms with Gasteiger partial charge < -0.3 is 10.6 Å². The first-order valence-corrected chi connectivity index (χ1v) is 7.05. The van der Waals surface area contributed by atoms with E-state index in [2.05, 4.69) is 4.90 Å². The van der Waals surface area contributed by atoms with Crippen molar-refractivity contribution >= 4 is 30.1 Å². The van der Waals surface area contributed by atoms with Crippen LogP contribution < -0.4 is 5.73 Å². The van der Waals surface area contributed by atoms with Crippen molar-refractivity contribution < 1.29 is 4.79 Å². The lowest BCUT2D eigenvalue weighted by Crippen LogP contribution is -2.43. The molecule has 1 heterocycles. The predicted molar refractivity (Wildman–Crippen MR) is 71.0 cm³/mol. The average Bonchev–Trinajstić information content (AvgIpc) is 2.77. The first kappa shape index (κ1) is 14.1. The summed E-state index contributed by atoms with van der Waals surface area (Å²) in [6.07, 6.45) is 3.39. The fourth-order valence-corrected chi connectivity index (χ4v) is 3.57. The van der Waals surface area contributed by atoms with Gasteiger partial charge in [-0.3, -0.25) is 4.79 Å². The van der Waals surface area contributed by atoms with Crippen LogP contribution in [0.3, 0.4) is 0 Å². The number of nitrogens with two attached hydrogens (primary N) is 1. The Morgan fingerprint density at radius 2 is 2.00 bits per heavy atom. The molecule has 0 radical (unpaired) electrons. The highest BCUT2D eigenvalue weighted by molar-refractivity contribution is 7.99. The summed E-state index contributed by atoms with van der Waals surface area (Å²) in [4.78, 5) is 14.3. The molecular formula is C11H21ClN2OS. The lowest BCUT2D eigenvalue weighted by molar-refractivity contribution is -0.136. The summed E-state index contributed by atoms with van der Waals surface area (Å²) in [6.45, 7) is 2.56. The highest BCUT2D eigenvalue weighted by Crippen LogP contribution is 2.32. The highest BCUT2D eigenvalue weighted by atomic mass is 35.5. The van der Waals surface area contributed by atoms with Crippen LogP contribution in [0.15, 0.2) is 0 Å². The van der Waals surface area contributed by atoms with Gasteiger partial charge in [-0.15, -0.1) is 12.4 Å². The minimum absolute atomic E-state index is 0. The van der Waals surface area contributed by atoms with Crippen LogP contribution in [0, 0.1) is 11.8 Å². The standard InChI is InChI=1S/C11H20N2OS.ClH/c12-8-9-2-1-3-10(9)11(14)13-4-6-15-7-5-13;/h9-10H,1-8,12H2;1H/t9-,10-;/m1./s1. The molecule has 0 aromatic carbocycles. The molecule has 0 unspecified atom stereocenters. The molecule has 94 valence electrons. The van der Waals surface area contributed by atoms with E-state index >= 15 is 0 Å². The van der Waals surface area contributed by atoms with E-state index in [4.69, 9.17) is 5.73 Å². The third kappa shape index (κ3) is 3.05. The normalized spacial score (nSPS) is 29.9. The Morgan fingerprint density at radius 3 is 2.62 bits per heavy atom. The minimum atomic E-state index is 0. The molecule has 2 rings (SSSR count). The Kier molecular flexibility index (Phi) is 5.94. The largest absolute Gasteiger partial charge is 0.341 e. The number of hydrogen-bond acceptors (Lipinski definition) is 3. The first-order valence-electron chi connectivity index (χ1n) is 5.89. The van der Waals surface area contributed by atoms with Crippen LogP contribution in [0.1, 0.15) is 19.3 Å². The fourth-order valence-electron chi connectivity index (χ4n) is 2.66. The van der Waals surface area contributed by atoms with Crippen LogP contribution in [0.5, 0.6) is 0 Å². The summed E-state index contributed by atoms with van der Waals surface area (Å²) in [5.74, 6) is 3.27. The number of carbonyl (C=O) groups is 1. The number of halogens is 1. The van der Waals surface area contributed by atoms with E-state index in [-0.39, 0.29) is 18.3 Å². The third-order valence-corrected chi connectivity index (χ3v) is 4.54. The maximum absolute atomic E-state index is 12.2. The maximum Gasteiger partial charge on any atom is 0.226 e. The number of hydrogen-bond donors (Lipinski definition) is 1. The van der Waals surface area contributed by atoms with E-state index < -0.39 is 0 Å². The Hall–Kier alpha value is 0.0700. The summed E-state index contributed by atoms with van der Waals surface area (Å²) in [5.41, 5.74) is 5.72. The molecule has 0 aromatic rings. The molecule has 1 saturated carbocycles. The summed E-state index contributed by atoms with van der Waals surface area (Å²) in [7, 11) is 0. The predicted octanol–water partition coefficient (Wildman–Crippen LogP) is 1.36. The zero-order valence-corrected chi connectivity index (χ0v) is 11.2. The van der Waals surface area contributed by atoms with Gasteiger partial charge in [0.05, 0.1) is 0 Å². The van der Waals surface area contributed by atoms with Crippen LogP contribution in [0.4, 0.5) is 0 Å². The van der Waals surface area contributed by atoms with Gasteiger partial charge in [-0.2, -0.15) is 11.8 Å². The van der Waals surface area contributed by atoms with Crippen LogP contribution >= 0.6 is 24.2 Å². The second kappa shape index (κ2) is 6.72. The molecule has 0 bridgehead atoms. The van der Waals surface area contributed by atoms with Gasteiger partial charge in [0.15, 0.2) is 0 Å². The van der Waals surface area contributed by atoms with Gasteiger partial charge in [-0.05, 0) is 25.3 Å². The van der Waals surface area contributed by atoms with Crippen molar-refractivity contribution in [2.75, 3.05) is 31.1 Å².